The van der Waals surface area contributed by atoms with Crippen molar-refractivity contribution in [3.63, 3.8) is 0 Å². The molecular weight excluding hydrogens is 338 g/mol. The predicted molar refractivity (Wildman–Crippen MR) is 92.0 cm³/mol. The van der Waals surface area contributed by atoms with Crippen LogP contribution in [0.3, 0.4) is 0 Å². The summed E-state index contributed by atoms with van der Waals surface area (Å²) >= 11 is 0. The van der Waals surface area contributed by atoms with E-state index in [1.54, 1.807) is 24.3 Å². The van der Waals surface area contributed by atoms with Crippen LogP contribution in [0.25, 0.3) is 0 Å². The third-order valence-electron chi connectivity index (χ3n) is 3.85. The number of carbonyl (C=O) groups excluding carboxylic acids is 1. The monoisotopic (exact) mass is 361 g/mol. The van der Waals surface area contributed by atoms with Crippen molar-refractivity contribution in [3.8, 4) is 0 Å². The maximum atomic E-state index is 12.6. The Balaban J connectivity index is 0.00000264. The first-order valence-corrected chi connectivity index (χ1v) is 8.94. The number of carbonyl (C=O) groups is 1. The number of nitrogens with zero attached hydrogens (tertiary/aromatic N) is 1. The second-order valence-corrected chi connectivity index (χ2v) is 7.54. The highest BCUT2D eigenvalue weighted by atomic mass is 35.5. The van der Waals surface area contributed by atoms with Gasteiger partial charge in [0.05, 0.1) is 4.90 Å². The molecular formula is C15H24ClN3O3S. The molecule has 1 aromatic carbocycles. The lowest BCUT2D eigenvalue weighted by atomic mass is 10.1. The third-order valence-corrected chi connectivity index (χ3v) is 5.76. The summed E-state index contributed by atoms with van der Waals surface area (Å²) in [6, 6.07) is 6.90. The molecule has 23 heavy (non-hydrogen) atoms. The molecule has 1 aromatic rings. The first kappa shape index (κ1) is 19.9. The van der Waals surface area contributed by atoms with E-state index in [1.807, 2.05) is 6.92 Å². The highest BCUT2D eigenvalue weighted by Gasteiger charge is 2.29. The number of nitrogens with one attached hydrogen (secondary N) is 1. The standard InChI is InChI=1S/C15H23N3O3S.ClH/c1-12-2-4-14(5-3-12)22(20,21)18-10-7-13(8-11-18)17-15(19)6-9-16;/h2-5,13H,6-11,16H2,1H3,(H,17,19);1H. The minimum absolute atomic E-state index is 0. The number of amides is 1. The second kappa shape index (κ2) is 8.63. The van der Waals surface area contributed by atoms with Crippen LogP contribution in [0.4, 0.5) is 0 Å². The van der Waals surface area contributed by atoms with Crippen LogP contribution in [0, 0.1) is 6.92 Å². The average molecular weight is 362 g/mol. The number of benzene rings is 1. The number of hydrogen-bond donors (Lipinski definition) is 2. The molecule has 0 unspecified atom stereocenters. The van der Waals surface area contributed by atoms with E-state index in [4.69, 9.17) is 5.73 Å². The quantitative estimate of drug-likeness (QED) is 0.819. The van der Waals surface area contributed by atoms with Crippen LogP contribution >= 0.6 is 12.4 Å². The van der Waals surface area contributed by atoms with E-state index in [0.717, 1.165) is 5.56 Å². The molecule has 0 aliphatic carbocycles. The topological polar surface area (TPSA) is 92.5 Å². The molecule has 0 bridgehead atoms. The minimum Gasteiger partial charge on any atom is -0.353 e. The average Bonchev–Trinajstić information content (AvgIpc) is 2.48. The lowest BCUT2D eigenvalue weighted by Crippen LogP contribution is -2.46. The lowest BCUT2D eigenvalue weighted by Gasteiger charge is -2.31. The van der Waals surface area contributed by atoms with E-state index >= 15 is 0 Å². The van der Waals surface area contributed by atoms with Crippen molar-refractivity contribution < 1.29 is 13.2 Å². The summed E-state index contributed by atoms with van der Waals surface area (Å²) in [4.78, 5) is 11.8. The summed E-state index contributed by atoms with van der Waals surface area (Å²) in [5.74, 6) is -0.0673. The molecule has 2 rings (SSSR count). The first-order valence-electron chi connectivity index (χ1n) is 7.49. The summed E-state index contributed by atoms with van der Waals surface area (Å²) in [6.07, 6.45) is 1.56. The number of aryl methyl sites for hydroxylation is 1. The largest absolute Gasteiger partial charge is 0.353 e. The highest BCUT2D eigenvalue weighted by Crippen LogP contribution is 2.21. The van der Waals surface area contributed by atoms with Gasteiger partial charge in [0.2, 0.25) is 15.9 Å². The van der Waals surface area contributed by atoms with Crippen molar-refractivity contribution in [1.82, 2.24) is 9.62 Å². The number of hydrogen-bond acceptors (Lipinski definition) is 4. The van der Waals surface area contributed by atoms with E-state index in [2.05, 4.69) is 5.32 Å². The molecule has 1 aliphatic heterocycles. The normalized spacial score (nSPS) is 16.6. The van der Waals surface area contributed by atoms with E-state index in [0.29, 0.717) is 43.8 Å². The molecule has 130 valence electrons. The number of nitrogens with two attached hydrogens (primary N) is 1. The van der Waals surface area contributed by atoms with Gasteiger partial charge in [0.25, 0.3) is 0 Å². The molecule has 1 fully saturated rings. The van der Waals surface area contributed by atoms with Gasteiger partial charge < -0.3 is 11.1 Å². The van der Waals surface area contributed by atoms with Crippen molar-refractivity contribution in [2.24, 2.45) is 5.73 Å². The molecule has 1 amide bonds. The zero-order valence-corrected chi connectivity index (χ0v) is 14.8. The maximum absolute atomic E-state index is 12.6. The number of rotatable bonds is 5. The smallest absolute Gasteiger partial charge is 0.243 e. The Morgan fingerprint density at radius 2 is 1.83 bits per heavy atom. The first-order chi connectivity index (χ1) is 10.4. The molecule has 0 radical (unpaired) electrons. The van der Waals surface area contributed by atoms with Gasteiger partial charge in [-0.15, -0.1) is 12.4 Å². The van der Waals surface area contributed by atoms with Gasteiger partial charge in [-0.05, 0) is 31.9 Å². The fourth-order valence-electron chi connectivity index (χ4n) is 2.53. The van der Waals surface area contributed by atoms with Crippen molar-refractivity contribution in [2.75, 3.05) is 19.6 Å². The zero-order valence-electron chi connectivity index (χ0n) is 13.2. The van der Waals surface area contributed by atoms with E-state index in [1.165, 1.54) is 4.31 Å². The molecule has 8 heteroatoms. The Morgan fingerprint density at radius 3 is 2.35 bits per heavy atom. The van der Waals surface area contributed by atoms with Gasteiger partial charge in [0.1, 0.15) is 0 Å². The van der Waals surface area contributed by atoms with Crippen molar-refractivity contribution in [3.05, 3.63) is 29.8 Å². The van der Waals surface area contributed by atoms with E-state index < -0.39 is 10.0 Å². The van der Waals surface area contributed by atoms with Crippen LogP contribution in [0.1, 0.15) is 24.8 Å². The number of sulfonamides is 1. The third kappa shape index (κ3) is 5.17. The van der Waals surface area contributed by atoms with Gasteiger partial charge >= 0.3 is 0 Å². The van der Waals surface area contributed by atoms with Crippen LogP contribution < -0.4 is 11.1 Å². The Kier molecular flexibility index (Phi) is 7.47. The Bertz CT molecular complexity index is 611. The Hall–Kier alpha value is -1.15. The van der Waals surface area contributed by atoms with Crippen molar-refractivity contribution >= 4 is 28.3 Å². The molecule has 0 spiro atoms. The lowest BCUT2D eigenvalue weighted by molar-refractivity contribution is -0.121. The van der Waals surface area contributed by atoms with Gasteiger partial charge in [0.15, 0.2) is 0 Å². The van der Waals surface area contributed by atoms with Crippen molar-refractivity contribution in [1.29, 1.82) is 0 Å². The van der Waals surface area contributed by atoms with Crippen LogP contribution in [0.5, 0.6) is 0 Å². The highest BCUT2D eigenvalue weighted by molar-refractivity contribution is 7.89. The molecule has 0 aromatic heterocycles. The molecule has 1 saturated heterocycles. The summed E-state index contributed by atoms with van der Waals surface area (Å²) in [5, 5.41) is 2.90. The molecule has 6 nitrogen and oxygen atoms in total. The molecule has 1 heterocycles. The van der Waals surface area contributed by atoms with Crippen molar-refractivity contribution in [2.45, 2.75) is 37.1 Å². The predicted octanol–water partition coefficient (Wildman–Crippen LogP) is 1.03. The van der Waals surface area contributed by atoms with Crippen LogP contribution in [0.2, 0.25) is 0 Å². The fourth-order valence-corrected chi connectivity index (χ4v) is 4.00. The Morgan fingerprint density at radius 1 is 1.26 bits per heavy atom. The summed E-state index contributed by atoms with van der Waals surface area (Å²) in [7, 11) is -3.44. The Labute approximate surface area is 143 Å². The molecule has 1 aliphatic rings. The van der Waals surface area contributed by atoms with Crippen LogP contribution in [-0.4, -0.2) is 44.3 Å². The van der Waals surface area contributed by atoms with Gasteiger partial charge in [-0.3, -0.25) is 4.79 Å². The second-order valence-electron chi connectivity index (χ2n) is 5.60. The van der Waals surface area contributed by atoms with E-state index in [9.17, 15) is 13.2 Å². The molecule has 0 saturated carbocycles. The van der Waals surface area contributed by atoms with Crippen LogP contribution in [0.15, 0.2) is 29.2 Å². The van der Waals surface area contributed by atoms with Crippen LogP contribution in [-0.2, 0) is 14.8 Å². The zero-order chi connectivity index (χ0) is 16.2. The number of halogens is 1. The molecule has 3 N–H and O–H groups in total. The SMILES string of the molecule is Cc1ccc(S(=O)(=O)N2CCC(NC(=O)CCN)CC2)cc1.Cl. The van der Waals surface area contributed by atoms with Gasteiger partial charge in [-0.2, -0.15) is 4.31 Å². The van der Waals surface area contributed by atoms with Gasteiger partial charge in [-0.25, -0.2) is 8.42 Å². The van der Waals surface area contributed by atoms with Gasteiger partial charge in [-0.1, -0.05) is 17.7 Å². The minimum atomic E-state index is -3.44. The summed E-state index contributed by atoms with van der Waals surface area (Å²) in [5.41, 5.74) is 6.37. The molecule has 0 atom stereocenters. The van der Waals surface area contributed by atoms with Gasteiger partial charge in [0, 0.05) is 32.1 Å². The summed E-state index contributed by atoms with van der Waals surface area (Å²) in [6.45, 7) is 3.09. The maximum Gasteiger partial charge on any atom is 0.243 e. The number of piperidine rings is 1. The summed E-state index contributed by atoms with van der Waals surface area (Å²) < 4.78 is 26.6. The van der Waals surface area contributed by atoms with E-state index in [-0.39, 0.29) is 24.4 Å². The fraction of sp³-hybridized carbons (Fsp3) is 0.533.